The Hall–Kier alpha value is -3.19. The summed E-state index contributed by atoms with van der Waals surface area (Å²) in [6.07, 6.45) is 11.5. The molecule has 4 rings (SSSR count). The summed E-state index contributed by atoms with van der Waals surface area (Å²) in [5.74, 6) is -7.93. The van der Waals surface area contributed by atoms with E-state index in [9.17, 15) is 34.2 Å². The van der Waals surface area contributed by atoms with E-state index in [-0.39, 0.29) is 60.0 Å². The second-order valence-electron chi connectivity index (χ2n) is 23.1. The monoisotopic (exact) mass is 1030 g/mol. The van der Waals surface area contributed by atoms with E-state index in [2.05, 4.69) is 33.9 Å². The molecule has 2 bridgehead atoms. The molecule has 0 aromatic rings. The number of methoxy groups -OCH3 is 3. The van der Waals surface area contributed by atoms with Gasteiger partial charge >= 0.3 is 5.97 Å². The van der Waals surface area contributed by atoms with Crippen molar-refractivity contribution in [2.45, 2.75) is 218 Å². The summed E-state index contributed by atoms with van der Waals surface area (Å²) >= 11 is 0. The minimum absolute atomic E-state index is 0.0107. The molecule has 1 amide bonds. The summed E-state index contributed by atoms with van der Waals surface area (Å²) in [5.41, 5.74) is 8.28. The van der Waals surface area contributed by atoms with E-state index in [1.54, 1.807) is 41.1 Å². The third kappa shape index (κ3) is 15.9. The predicted octanol–water partition coefficient (Wildman–Crippen LogP) is 7.90. The molecule has 4 aliphatic rings. The van der Waals surface area contributed by atoms with Crippen molar-refractivity contribution in [2.24, 2.45) is 35.3 Å². The lowest BCUT2D eigenvalue weighted by Gasteiger charge is -2.44. The average molecular weight is 1030 g/mol. The summed E-state index contributed by atoms with van der Waals surface area (Å²) in [6, 6.07) is -2.00. The van der Waals surface area contributed by atoms with Crippen LogP contribution in [-0.2, 0) is 52.1 Å². The first-order chi connectivity index (χ1) is 33.7. The lowest BCUT2D eigenvalue weighted by molar-refractivity contribution is -0.265. The van der Waals surface area contributed by atoms with Crippen molar-refractivity contribution in [2.75, 3.05) is 27.9 Å². The number of carbonyl (C=O) groups excluding carboxylic acids is 5. The topological polar surface area (TPSA) is 210 Å². The SMILES string of the molecule is CO[C@H]1C[C@@H]2CC[C@@H](C)[C@@](O)(O2)C(=O)C(=O)N2CCCC[C@H]2C(=O)O[C@H]([C@H](N)C[C@@H]2CCC(O[Si](C)(C)C(C)(C)C)[C@H](OC)C2)CC(=O)[C@H](C)/C=C(\C)[C@@H](O)[C@@H](OC)C(=O)[C@H](C)C[C@H](C)/C=C/C=CC=C1C. The molecule has 0 aromatic heterocycles. The molecule has 1 unspecified atom stereocenters. The maximum atomic E-state index is 14.5. The largest absolute Gasteiger partial charge is 0.459 e. The fourth-order valence-corrected chi connectivity index (χ4v) is 12.0. The fourth-order valence-electron chi connectivity index (χ4n) is 10.6. The van der Waals surface area contributed by atoms with Gasteiger partial charge in [0.15, 0.2) is 14.1 Å². The van der Waals surface area contributed by atoms with E-state index in [4.69, 9.17) is 33.8 Å². The van der Waals surface area contributed by atoms with Crippen LogP contribution in [0.1, 0.15) is 139 Å². The Labute approximate surface area is 432 Å². The van der Waals surface area contributed by atoms with Gasteiger partial charge in [-0.15, -0.1) is 0 Å². The Bertz CT molecular complexity index is 1980. The zero-order valence-electron chi connectivity index (χ0n) is 46.1. The van der Waals surface area contributed by atoms with Crippen LogP contribution in [0, 0.1) is 29.6 Å². The summed E-state index contributed by atoms with van der Waals surface area (Å²) in [5, 5.41) is 23.6. The van der Waals surface area contributed by atoms with E-state index < -0.39 is 92.1 Å². The van der Waals surface area contributed by atoms with Gasteiger partial charge in [-0.2, -0.15) is 0 Å². The number of carbonyl (C=O) groups is 5. The highest BCUT2D eigenvalue weighted by Crippen LogP contribution is 2.42. The number of fused-ring (bicyclic) bond motifs is 3. The van der Waals surface area contributed by atoms with Gasteiger partial charge in [-0.3, -0.25) is 19.2 Å². The van der Waals surface area contributed by atoms with Gasteiger partial charge in [-0.1, -0.05) is 84.9 Å². The number of Topliss-reactive ketones (excluding diaryl/α,β-unsaturated/α-hetero) is 3. The van der Waals surface area contributed by atoms with Crippen LogP contribution in [0.15, 0.2) is 47.6 Å². The lowest BCUT2D eigenvalue weighted by atomic mass is 9.80. The summed E-state index contributed by atoms with van der Waals surface area (Å²) < 4.78 is 36.8. The van der Waals surface area contributed by atoms with Crippen LogP contribution in [0.25, 0.3) is 0 Å². The Morgan fingerprint density at radius 3 is 2.19 bits per heavy atom. The van der Waals surface area contributed by atoms with E-state index in [0.717, 1.165) is 18.4 Å². The molecule has 3 fully saturated rings. The number of ether oxygens (including phenoxy) is 5. The van der Waals surface area contributed by atoms with Crippen molar-refractivity contribution in [1.29, 1.82) is 0 Å². The molecule has 3 heterocycles. The fraction of sp³-hybridized carbons (Fsp3) is 0.768. The molecule has 3 aliphatic heterocycles. The van der Waals surface area contributed by atoms with Crippen molar-refractivity contribution in [3.05, 3.63) is 47.6 Å². The molecule has 4 N–H and O–H groups in total. The Morgan fingerprint density at radius 2 is 1.56 bits per heavy atom. The third-order valence-electron chi connectivity index (χ3n) is 16.4. The van der Waals surface area contributed by atoms with Crippen molar-refractivity contribution in [3.63, 3.8) is 0 Å². The predicted molar refractivity (Wildman–Crippen MR) is 280 cm³/mol. The van der Waals surface area contributed by atoms with Crippen molar-refractivity contribution in [3.8, 4) is 0 Å². The van der Waals surface area contributed by atoms with Gasteiger partial charge in [0.05, 0.1) is 24.4 Å². The number of aliphatic hydroxyl groups excluding tert-OH is 1. The Morgan fingerprint density at radius 1 is 0.861 bits per heavy atom. The number of piperidine rings is 1. The lowest BCUT2D eigenvalue weighted by Crippen LogP contribution is -2.61. The quantitative estimate of drug-likeness (QED) is 0.0914. The number of esters is 1. The number of aliphatic hydroxyl groups is 2. The van der Waals surface area contributed by atoms with E-state index >= 15 is 0 Å². The first kappa shape index (κ1) is 61.4. The number of allylic oxidation sites excluding steroid dienone is 6. The van der Waals surface area contributed by atoms with Crippen LogP contribution in [0.5, 0.6) is 0 Å². The first-order valence-electron chi connectivity index (χ1n) is 26.6. The van der Waals surface area contributed by atoms with Crippen molar-refractivity contribution >= 4 is 37.5 Å². The van der Waals surface area contributed by atoms with E-state index in [1.165, 1.54) is 12.0 Å². The molecular weight excluding hydrogens is 937 g/mol. The minimum atomic E-state index is -2.45. The van der Waals surface area contributed by atoms with Gasteiger partial charge in [-0.25, -0.2) is 4.79 Å². The molecule has 15 atom stereocenters. The van der Waals surface area contributed by atoms with Crippen molar-refractivity contribution < 1.29 is 62.3 Å². The van der Waals surface area contributed by atoms with Crippen LogP contribution in [0.3, 0.4) is 0 Å². The summed E-state index contributed by atoms with van der Waals surface area (Å²) in [6.45, 7) is 21.9. The molecule has 1 saturated carbocycles. The van der Waals surface area contributed by atoms with Gasteiger partial charge in [-0.05, 0) is 119 Å². The number of hydrogen-bond acceptors (Lipinski definition) is 14. The molecule has 15 nitrogen and oxygen atoms in total. The smallest absolute Gasteiger partial charge is 0.329 e. The van der Waals surface area contributed by atoms with Crippen LogP contribution in [0.2, 0.25) is 18.1 Å². The van der Waals surface area contributed by atoms with Crippen LogP contribution < -0.4 is 5.73 Å². The zero-order valence-corrected chi connectivity index (χ0v) is 47.1. The van der Waals surface area contributed by atoms with Gasteiger partial charge in [0.1, 0.15) is 30.1 Å². The van der Waals surface area contributed by atoms with E-state index in [1.807, 2.05) is 51.2 Å². The summed E-state index contributed by atoms with van der Waals surface area (Å²) in [4.78, 5) is 72.5. The molecule has 72 heavy (non-hydrogen) atoms. The molecule has 408 valence electrons. The number of hydrogen-bond donors (Lipinski definition) is 3. The van der Waals surface area contributed by atoms with Gasteiger partial charge in [0.2, 0.25) is 5.79 Å². The molecule has 1 aliphatic carbocycles. The Balaban J connectivity index is 1.70. The average Bonchev–Trinajstić information content (AvgIpc) is 3.32. The number of ketones is 3. The van der Waals surface area contributed by atoms with Crippen molar-refractivity contribution in [1.82, 2.24) is 4.90 Å². The summed E-state index contributed by atoms with van der Waals surface area (Å²) in [7, 11) is 2.53. The number of rotatable bonds is 8. The highest BCUT2D eigenvalue weighted by molar-refractivity contribution is 6.74. The standard InChI is InChI=1S/C56H92N2O13Si/c1-34-20-16-15-17-21-35(2)46(66-10)32-41-25-23-39(6)56(65,70-41)52(62)53(63)58-27-19-18-22-43(58)54(64)69-47(33-44(59)36(3)29-38(5)50(61)51(68-12)49(60)37(4)28-34)42(57)30-40-24-26-45(48(31-40)67-11)71-72(13,14)55(7,8)9/h15-17,20-21,29,34,36-37,39-43,45-48,50-51,61,65H,18-19,22-28,30-33,57H2,1-14H3/b17-15?,20-16+,35-21?,38-29+/t34-,36-,37-,39-,40+,41+,42-,43+,45?,46+,47+,48-,50-,51+,56-/m1/s1. The number of cyclic esters (lactones) is 1. The molecule has 0 radical (unpaired) electrons. The van der Waals surface area contributed by atoms with Crippen LogP contribution in [0.4, 0.5) is 0 Å². The molecular formula is C56H92N2O13Si. The highest BCUT2D eigenvalue weighted by Gasteiger charge is 2.53. The number of amides is 1. The Kier molecular flexibility index (Phi) is 23.0. The second kappa shape index (κ2) is 27.0. The second-order valence-corrected chi connectivity index (χ2v) is 27.9. The molecule has 16 heteroatoms. The van der Waals surface area contributed by atoms with Gasteiger partial charge in [0.25, 0.3) is 11.7 Å². The van der Waals surface area contributed by atoms with Crippen LogP contribution in [-0.4, -0.2) is 141 Å². The first-order valence-corrected chi connectivity index (χ1v) is 29.5. The maximum absolute atomic E-state index is 14.5. The maximum Gasteiger partial charge on any atom is 0.329 e. The van der Waals surface area contributed by atoms with E-state index in [0.29, 0.717) is 56.9 Å². The highest BCUT2D eigenvalue weighted by atomic mass is 28.4. The molecule has 0 spiro atoms. The zero-order chi connectivity index (χ0) is 53.9. The van der Waals surface area contributed by atoms with Gasteiger partial charge in [0, 0.05) is 64.5 Å². The minimum Gasteiger partial charge on any atom is -0.459 e. The molecule has 0 aromatic carbocycles. The van der Waals surface area contributed by atoms with Gasteiger partial charge < -0.3 is 49.0 Å². The third-order valence-corrected chi connectivity index (χ3v) is 21.0. The van der Waals surface area contributed by atoms with Crippen LogP contribution >= 0.6 is 0 Å². The number of nitrogens with two attached hydrogens (primary N) is 1. The molecule has 2 saturated heterocycles. The number of nitrogens with zero attached hydrogens (tertiary/aromatic N) is 1. The normalized spacial score (nSPS) is 37.0.